The molecule has 1 saturated heterocycles. The van der Waals surface area contributed by atoms with Crippen LogP contribution in [-0.2, 0) is 4.79 Å². The highest BCUT2D eigenvalue weighted by Gasteiger charge is 2.37. The van der Waals surface area contributed by atoms with Gasteiger partial charge in [0.15, 0.2) is 0 Å². The van der Waals surface area contributed by atoms with Gasteiger partial charge in [-0.1, -0.05) is 29.3 Å². The lowest BCUT2D eigenvalue weighted by Gasteiger charge is -2.32. The number of rotatable bonds is 3. The van der Waals surface area contributed by atoms with Crippen molar-refractivity contribution in [2.24, 2.45) is 0 Å². The predicted octanol–water partition coefficient (Wildman–Crippen LogP) is 3.35. The number of carbonyl (C=O) groups excluding carboxylic acids is 1. The lowest BCUT2D eigenvalue weighted by Crippen LogP contribution is -2.40. The number of amides is 2. The van der Waals surface area contributed by atoms with Gasteiger partial charge in [0.1, 0.15) is 11.9 Å². The quantitative estimate of drug-likeness (QED) is 0.686. The number of benzene rings is 1. The zero-order valence-electron chi connectivity index (χ0n) is 15.5. The van der Waals surface area contributed by atoms with Gasteiger partial charge in [0.25, 0.3) is 5.91 Å². The molecule has 152 valence electrons. The Morgan fingerprint density at radius 2 is 2.07 bits per heavy atom. The maximum absolute atomic E-state index is 13.5. The molecule has 0 radical (unpaired) electrons. The molecule has 3 N–H and O–H groups in total. The molecule has 4 rings (SSSR count). The first-order valence-electron chi connectivity index (χ1n) is 9.10. The molecule has 0 spiro atoms. The highest BCUT2D eigenvalue weighted by molar-refractivity contribution is 6.42. The van der Waals surface area contributed by atoms with Gasteiger partial charge >= 0.3 is 6.09 Å². The summed E-state index contributed by atoms with van der Waals surface area (Å²) < 4.78 is 1.74. The maximum atomic E-state index is 13.5. The number of carbonyl (C=O) groups is 2. The van der Waals surface area contributed by atoms with Gasteiger partial charge in [-0.05, 0) is 31.0 Å². The molecular weight excluding hydrogens is 417 g/mol. The second-order valence-corrected chi connectivity index (χ2v) is 7.90. The average Bonchev–Trinajstić information content (AvgIpc) is 3.31. The molecule has 0 aliphatic carbocycles. The molecule has 29 heavy (non-hydrogen) atoms. The highest BCUT2D eigenvalue weighted by Crippen LogP contribution is 2.38. The number of fused-ring (bicyclic) bond motifs is 1. The van der Waals surface area contributed by atoms with Gasteiger partial charge in [-0.3, -0.25) is 4.79 Å². The summed E-state index contributed by atoms with van der Waals surface area (Å²) in [5.41, 5.74) is 2.04. The van der Waals surface area contributed by atoms with Crippen molar-refractivity contribution in [1.29, 1.82) is 0 Å². The minimum atomic E-state index is -1.09. The smallest absolute Gasteiger partial charge is 0.404 e. The number of halogens is 2. The van der Waals surface area contributed by atoms with Crippen LogP contribution in [0.4, 0.5) is 10.6 Å². The summed E-state index contributed by atoms with van der Waals surface area (Å²) in [6.45, 7) is 2.64. The average molecular weight is 436 g/mol. The fourth-order valence-corrected chi connectivity index (χ4v) is 4.19. The summed E-state index contributed by atoms with van der Waals surface area (Å²) in [5, 5.41) is 19.8. The van der Waals surface area contributed by atoms with Crippen molar-refractivity contribution in [1.82, 2.24) is 20.0 Å². The van der Waals surface area contributed by atoms with Crippen LogP contribution >= 0.6 is 23.2 Å². The first-order chi connectivity index (χ1) is 13.8. The third kappa shape index (κ3) is 3.65. The molecule has 10 heteroatoms. The maximum Gasteiger partial charge on any atom is 0.404 e. The van der Waals surface area contributed by atoms with Crippen LogP contribution in [0.2, 0.25) is 10.0 Å². The monoisotopic (exact) mass is 435 g/mol. The van der Waals surface area contributed by atoms with Crippen LogP contribution in [0.15, 0.2) is 41.7 Å². The van der Waals surface area contributed by atoms with Crippen LogP contribution in [0.1, 0.15) is 24.9 Å². The van der Waals surface area contributed by atoms with E-state index in [0.29, 0.717) is 40.8 Å². The summed E-state index contributed by atoms with van der Waals surface area (Å²) in [6.07, 6.45) is 1.15. The number of hydrogen-bond donors (Lipinski definition) is 3. The van der Waals surface area contributed by atoms with Gasteiger partial charge in [-0.2, -0.15) is 5.10 Å². The van der Waals surface area contributed by atoms with Crippen LogP contribution in [0, 0.1) is 0 Å². The van der Waals surface area contributed by atoms with E-state index in [1.807, 2.05) is 19.1 Å². The van der Waals surface area contributed by atoms with Gasteiger partial charge in [-0.25, -0.2) is 9.48 Å². The zero-order valence-corrected chi connectivity index (χ0v) is 17.0. The summed E-state index contributed by atoms with van der Waals surface area (Å²) in [5.74, 6) is 0.601. The van der Waals surface area contributed by atoms with Crippen molar-refractivity contribution in [3.63, 3.8) is 0 Å². The van der Waals surface area contributed by atoms with E-state index >= 15 is 0 Å². The number of likely N-dealkylation sites (tertiary alicyclic amines) is 1. The minimum Gasteiger partial charge on any atom is -0.465 e. The number of nitrogens with one attached hydrogen (secondary N) is 2. The molecule has 1 fully saturated rings. The molecule has 2 aromatic rings. The lowest BCUT2D eigenvalue weighted by atomic mass is 9.94. The van der Waals surface area contributed by atoms with Crippen LogP contribution in [0.3, 0.4) is 0 Å². The number of aromatic nitrogens is 2. The predicted molar refractivity (Wildman–Crippen MR) is 109 cm³/mol. The van der Waals surface area contributed by atoms with Crippen LogP contribution in [0.25, 0.3) is 0 Å². The standard InChI is InChI=1S/C19H19Cl2N5O3/c1-10-16(18(27)25-7-5-12(9-25)24-19(28)29)17(26-15(23-10)4-6-22-26)11-2-3-13(20)14(21)8-11/h2-4,6,8,12,17,23-24H,5,7,9H2,1H3,(H,28,29)/t12-,17?/m0/s1. The number of allylic oxidation sites excluding steroid dienone is 1. The van der Waals surface area contributed by atoms with Crippen molar-refractivity contribution in [2.75, 3.05) is 18.4 Å². The van der Waals surface area contributed by atoms with Crippen molar-refractivity contribution >= 4 is 41.0 Å². The third-order valence-corrected chi connectivity index (χ3v) is 5.94. The van der Waals surface area contributed by atoms with E-state index in [0.717, 1.165) is 11.4 Å². The summed E-state index contributed by atoms with van der Waals surface area (Å²) in [7, 11) is 0. The number of hydrogen-bond acceptors (Lipinski definition) is 4. The molecule has 2 aliphatic heterocycles. The van der Waals surface area contributed by atoms with E-state index in [2.05, 4.69) is 15.7 Å². The van der Waals surface area contributed by atoms with Gasteiger partial charge < -0.3 is 20.6 Å². The topological polar surface area (TPSA) is 99.5 Å². The third-order valence-electron chi connectivity index (χ3n) is 5.20. The molecule has 3 heterocycles. The van der Waals surface area contributed by atoms with Gasteiger partial charge in [-0.15, -0.1) is 0 Å². The Morgan fingerprint density at radius 1 is 1.28 bits per heavy atom. The van der Waals surface area contributed by atoms with Gasteiger partial charge in [0.2, 0.25) is 0 Å². The minimum absolute atomic E-state index is 0.165. The van der Waals surface area contributed by atoms with Crippen molar-refractivity contribution in [2.45, 2.75) is 25.4 Å². The molecule has 8 nitrogen and oxygen atoms in total. The summed E-state index contributed by atoms with van der Waals surface area (Å²) in [6, 6.07) is 6.34. The van der Waals surface area contributed by atoms with Crippen LogP contribution in [0.5, 0.6) is 0 Å². The lowest BCUT2D eigenvalue weighted by molar-refractivity contribution is -0.126. The number of anilines is 1. The van der Waals surface area contributed by atoms with E-state index in [4.69, 9.17) is 28.3 Å². The summed E-state index contributed by atoms with van der Waals surface area (Å²) in [4.78, 5) is 26.0. The largest absolute Gasteiger partial charge is 0.465 e. The normalized spacial score (nSPS) is 21.0. The van der Waals surface area contributed by atoms with Crippen molar-refractivity contribution in [3.8, 4) is 0 Å². The Balaban J connectivity index is 1.71. The van der Waals surface area contributed by atoms with E-state index in [9.17, 15) is 9.59 Å². The second kappa shape index (κ2) is 7.61. The molecular formula is C19H19Cl2N5O3. The highest BCUT2D eigenvalue weighted by atomic mass is 35.5. The van der Waals surface area contributed by atoms with E-state index in [1.54, 1.807) is 27.9 Å². The molecule has 1 unspecified atom stereocenters. The Morgan fingerprint density at radius 3 is 2.79 bits per heavy atom. The molecule has 0 bridgehead atoms. The SMILES string of the molecule is CC1=C(C(=O)N2CC[C@H](NC(=O)O)C2)C(c2ccc(Cl)c(Cl)c2)n2nccc2N1. The first-order valence-corrected chi connectivity index (χ1v) is 9.85. The molecule has 0 saturated carbocycles. The molecule has 2 aliphatic rings. The molecule has 2 atom stereocenters. The van der Waals surface area contributed by atoms with Crippen molar-refractivity contribution in [3.05, 3.63) is 57.3 Å². The Kier molecular flexibility index (Phi) is 5.14. The zero-order chi connectivity index (χ0) is 20.7. The summed E-state index contributed by atoms with van der Waals surface area (Å²) >= 11 is 12.3. The Hall–Kier alpha value is -2.71. The van der Waals surface area contributed by atoms with Crippen LogP contribution in [-0.4, -0.2) is 50.9 Å². The van der Waals surface area contributed by atoms with Crippen molar-refractivity contribution < 1.29 is 14.7 Å². The van der Waals surface area contributed by atoms with Gasteiger partial charge in [0, 0.05) is 24.9 Å². The molecule has 1 aromatic carbocycles. The molecule has 2 amide bonds. The van der Waals surface area contributed by atoms with E-state index in [-0.39, 0.29) is 11.9 Å². The Labute approximate surface area is 177 Å². The first kappa shape index (κ1) is 19.6. The second-order valence-electron chi connectivity index (χ2n) is 7.09. The Bertz CT molecular complexity index is 1020. The van der Waals surface area contributed by atoms with E-state index < -0.39 is 12.1 Å². The fourth-order valence-electron chi connectivity index (χ4n) is 3.88. The number of carboxylic acid groups (broad SMARTS) is 1. The van der Waals surface area contributed by atoms with Gasteiger partial charge in [0.05, 0.1) is 27.9 Å². The molecule has 1 aromatic heterocycles. The van der Waals surface area contributed by atoms with Crippen LogP contribution < -0.4 is 10.6 Å². The van der Waals surface area contributed by atoms with E-state index in [1.165, 1.54) is 0 Å². The number of nitrogens with zero attached hydrogens (tertiary/aromatic N) is 3. The fraction of sp³-hybridized carbons (Fsp3) is 0.316.